The van der Waals surface area contributed by atoms with E-state index in [-0.39, 0.29) is 0 Å². The van der Waals surface area contributed by atoms with Gasteiger partial charge in [-0.2, -0.15) is 0 Å². The van der Waals surface area contributed by atoms with Gasteiger partial charge in [-0.15, -0.1) is 0 Å². The second-order valence-corrected chi connectivity index (χ2v) is 3.39. The molecule has 1 aromatic rings. The van der Waals surface area contributed by atoms with Crippen molar-refractivity contribution in [3.8, 4) is 0 Å². The Morgan fingerprint density at radius 2 is 2.08 bits per heavy atom. The molecule has 0 unspecified atom stereocenters. The quantitative estimate of drug-likeness (QED) is 0.645. The summed E-state index contributed by atoms with van der Waals surface area (Å²) in [5.74, 6) is 0. The lowest BCUT2D eigenvalue weighted by Crippen LogP contribution is -1.95. The molecule has 0 aliphatic carbocycles. The van der Waals surface area contributed by atoms with Gasteiger partial charge in [0, 0.05) is 6.42 Å². The van der Waals surface area contributed by atoms with Crippen LogP contribution in [0.3, 0.4) is 0 Å². The molecule has 0 spiro atoms. The molecule has 0 aromatic heterocycles. The summed E-state index contributed by atoms with van der Waals surface area (Å²) in [6.45, 7) is 4.25. The van der Waals surface area contributed by atoms with Gasteiger partial charge in [-0.25, -0.2) is 0 Å². The Kier molecular flexibility index (Phi) is 3.69. The van der Waals surface area contributed by atoms with E-state index in [9.17, 15) is 4.79 Å². The van der Waals surface area contributed by atoms with Gasteiger partial charge in [0.15, 0.2) is 0 Å². The van der Waals surface area contributed by atoms with Gasteiger partial charge in [0.05, 0.1) is 0 Å². The van der Waals surface area contributed by atoms with E-state index in [1.54, 1.807) is 0 Å². The third-order valence-electron chi connectivity index (χ3n) is 2.18. The molecular formula is C12H16O. The molecule has 1 heteroatoms. The van der Waals surface area contributed by atoms with E-state index >= 15 is 0 Å². The maximum absolute atomic E-state index is 10.4. The van der Waals surface area contributed by atoms with Gasteiger partial charge in [-0.1, -0.05) is 37.1 Å². The van der Waals surface area contributed by atoms with Crippen LogP contribution in [0.5, 0.6) is 0 Å². The molecule has 0 amide bonds. The Morgan fingerprint density at radius 1 is 1.31 bits per heavy atom. The molecule has 0 heterocycles. The zero-order valence-corrected chi connectivity index (χ0v) is 8.34. The number of hydrogen-bond acceptors (Lipinski definition) is 1. The second kappa shape index (κ2) is 4.80. The van der Waals surface area contributed by atoms with Crippen molar-refractivity contribution in [1.29, 1.82) is 0 Å². The monoisotopic (exact) mass is 176 g/mol. The van der Waals surface area contributed by atoms with Crippen LogP contribution in [0.2, 0.25) is 0 Å². The van der Waals surface area contributed by atoms with Crippen molar-refractivity contribution in [2.24, 2.45) is 0 Å². The predicted octanol–water partition coefficient (Wildman–Crippen LogP) is 2.69. The molecule has 0 bridgehead atoms. The molecule has 1 nitrogen and oxygen atoms in total. The minimum atomic E-state index is 0.551. The van der Waals surface area contributed by atoms with Gasteiger partial charge in [0.2, 0.25) is 0 Å². The highest BCUT2D eigenvalue weighted by atomic mass is 16.1. The van der Waals surface area contributed by atoms with Crippen LogP contribution in [0.15, 0.2) is 18.2 Å². The molecule has 0 radical (unpaired) electrons. The molecule has 1 aromatic carbocycles. The first-order valence-electron chi connectivity index (χ1n) is 4.80. The Balaban J connectivity index is 2.95. The van der Waals surface area contributed by atoms with Crippen LogP contribution in [-0.2, 0) is 17.6 Å². The Hall–Kier alpha value is -1.11. The van der Waals surface area contributed by atoms with E-state index in [0.717, 1.165) is 19.1 Å². The van der Waals surface area contributed by atoms with E-state index in [1.807, 2.05) is 0 Å². The van der Waals surface area contributed by atoms with E-state index in [4.69, 9.17) is 0 Å². The van der Waals surface area contributed by atoms with Crippen LogP contribution >= 0.6 is 0 Å². The van der Waals surface area contributed by atoms with E-state index < -0.39 is 0 Å². The lowest BCUT2D eigenvalue weighted by molar-refractivity contribution is -0.107. The van der Waals surface area contributed by atoms with Crippen LogP contribution in [0.25, 0.3) is 0 Å². The van der Waals surface area contributed by atoms with Crippen LogP contribution in [0, 0.1) is 6.92 Å². The largest absolute Gasteiger partial charge is 0.303 e. The van der Waals surface area contributed by atoms with Crippen molar-refractivity contribution in [2.75, 3.05) is 0 Å². The molecule has 70 valence electrons. The Bertz CT molecular complexity index is 289. The highest BCUT2D eigenvalue weighted by Gasteiger charge is 2.00. The average molecular weight is 176 g/mol. The van der Waals surface area contributed by atoms with Crippen LogP contribution in [-0.4, -0.2) is 6.29 Å². The number of aldehydes is 1. The molecule has 0 atom stereocenters. The molecule has 0 aliphatic rings. The third kappa shape index (κ3) is 2.69. The first kappa shape index (κ1) is 9.97. The second-order valence-electron chi connectivity index (χ2n) is 3.39. The standard InChI is InChI=1S/C12H16O/c1-3-4-12-9-10(2)5-6-11(12)7-8-13/h5-6,8-9H,3-4,7H2,1-2H3. The lowest BCUT2D eigenvalue weighted by atomic mass is 9.99. The Labute approximate surface area is 79.8 Å². The van der Waals surface area contributed by atoms with E-state index in [1.165, 1.54) is 16.7 Å². The van der Waals surface area contributed by atoms with Crippen molar-refractivity contribution in [1.82, 2.24) is 0 Å². The molecule has 0 saturated carbocycles. The zero-order chi connectivity index (χ0) is 9.68. The summed E-state index contributed by atoms with van der Waals surface area (Å²) in [5, 5.41) is 0. The fraction of sp³-hybridized carbons (Fsp3) is 0.417. The van der Waals surface area contributed by atoms with Gasteiger partial charge >= 0.3 is 0 Å². The average Bonchev–Trinajstić information content (AvgIpc) is 2.10. The normalized spacial score (nSPS) is 10.0. The third-order valence-corrected chi connectivity index (χ3v) is 2.18. The summed E-state index contributed by atoms with van der Waals surface area (Å²) < 4.78 is 0. The van der Waals surface area contributed by atoms with Crippen molar-refractivity contribution < 1.29 is 4.79 Å². The van der Waals surface area contributed by atoms with Gasteiger partial charge in [-0.3, -0.25) is 0 Å². The van der Waals surface area contributed by atoms with Gasteiger partial charge in [0.1, 0.15) is 6.29 Å². The maximum atomic E-state index is 10.4. The van der Waals surface area contributed by atoms with Crippen LogP contribution in [0.4, 0.5) is 0 Å². The number of carbonyl (C=O) groups excluding carboxylic acids is 1. The van der Waals surface area contributed by atoms with Crippen molar-refractivity contribution in [3.05, 3.63) is 34.9 Å². The highest BCUT2D eigenvalue weighted by Crippen LogP contribution is 2.13. The minimum Gasteiger partial charge on any atom is -0.303 e. The first-order valence-corrected chi connectivity index (χ1v) is 4.80. The van der Waals surface area contributed by atoms with Crippen LogP contribution < -0.4 is 0 Å². The van der Waals surface area contributed by atoms with Crippen molar-refractivity contribution >= 4 is 6.29 Å². The number of carbonyl (C=O) groups is 1. The summed E-state index contributed by atoms with van der Waals surface area (Å²) in [6, 6.07) is 6.31. The maximum Gasteiger partial charge on any atom is 0.124 e. The summed E-state index contributed by atoms with van der Waals surface area (Å²) in [4.78, 5) is 10.4. The van der Waals surface area contributed by atoms with Crippen molar-refractivity contribution in [2.45, 2.75) is 33.1 Å². The molecule has 13 heavy (non-hydrogen) atoms. The molecule has 0 saturated heterocycles. The Morgan fingerprint density at radius 3 is 2.69 bits per heavy atom. The minimum absolute atomic E-state index is 0.551. The summed E-state index contributed by atoms with van der Waals surface area (Å²) in [7, 11) is 0. The van der Waals surface area contributed by atoms with E-state index in [2.05, 4.69) is 32.0 Å². The number of benzene rings is 1. The summed E-state index contributed by atoms with van der Waals surface area (Å²) in [6.07, 6.45) is 3.74. The summed E-state index contributed by atoms with van der Waals surface area (Å²) in [5.41, 5.74) is 3.79. The number of rotatable bonds is 4. The van der Waals surface area contributed by atoms with Crippen molar-refractivity contribution in [3.63, 3.8) is 0 Å². The van der Waals surface area contributed by atoms with Gasteiger partial charge < -0.3 is 4.79 Å². The number of hydrogen-bond donors (Lipinski definition) is 0. The lowest BCUT2D eigenvalue weighted by Gasteiger charge is -2.06. The SMILES string of the molecule is CCCc1cc(C)ccc1CC=O. The fourth-order valence-electron chi connectivity index (χ4n) is 1.55. The molecule has 0 fully saturated rings. The molecule has 0 aliphatic heterocycles. The fourth-order valence-corrected chi connectivity index (χ4v) is 1.55. The molecule has 1 rings (SSSR count). The van der Waals surface area contributed by atoms with E-state index in [0.29, 0.717) is 6.42 Å². The molecule has 0 N–H and O–H groups in total. The smallest absolute Gasteiger partial charge is 0.124 e. The van der Waals surface area contributed by atoms with Gasteiger partial charge in [0.25, 0.3) is 0 Å². The topological polar surface area (TPSA) is 17.1 Å². The van der Waals surface area contributed by atoms with Crippen LogP contribution in [0.1, 0.15) is 30.0 Å². The molecular weight excluding hydrogens is 160 g/mol. The highest BCUT2D eigenvalue weighted by molar-refractivity contribution is 5.56. The first-order chi connectivity index (χ1) is 6.27. The van der Waals surface area contributed by atoms with Gasteiger partial charge in [-0.05, 0) is 24.5 Å². The number of aryl methyl sites for hydroxylation is 2. The summed E-state index contributed by atoms with van der Waals surface area (Å²) >= 11 is 0. The predicted molar refractivity (Wildman–Crippen MR) is 54.9 cm³/mol. The zero-order valence-electron chi connectivity index (χ0n) is 8.34.